The number of rotatable bonds is 7. The number of carbonyl (C=O) groups is 2. The minimum absolute atomic E-state index is 0.168. The molecule has 1 N–H and O–H groups in total. The highest BCUT2D eigenvalue weighted by atomic mass is 32.2. The van der Waals surface area contributed by atoms with E-state index in [2.05, 4.69) is 15.5 Å². The number of hydrogen-bond donors (Lipinski definition) is 1. The van der Waals surface area contributed by atoms with Crippen LogP contribution in [0.5, 0.6) is 0 Å². The first-order valence-electron chi connectivity index (χ1n) is 8.61. The molecule has 2 aromatic heterocycles. The highest BCUT2D eigenvalue weighted by Crippen LogP contribution is 2.23. The molecule has 1 amide bonds. The molecule has 0 radical (unpaired) electrons. The van der Waals surface area contributed by atoms with Crippen molar-refractivity contribution in [2.45, 2.75) is 25.1 Å². The third-order valence-corrected chi connectivity index (χ3v) is 4.68. The fraction of sp³-hybridized carbons (Fsp3) is 0.263. The number of carbonyl (C=O) groups excluding carboxylic acids is 2. The Morgan fingerprint density at radius 3 is 2.61 bits per heavy atom. The fourth-order valence-corrected chi connectivity index (χ4v) is 3.07. The van der Waals surface area contributed by atoms with Crippen LogP contribution in [-0.4, -0.2) is 38.5 Å². The van der Waals surface area contributed by atoms with Gasteiger partial charge >= 0.3 is 5.97 Å². The Hall–Kier alpha value is -3.07. The van der Waals surface area contributed by atoms with Crippen molar-refractivity contribution in [3.05, 3.63) is 48.2 Å². The molecule has 3 aromatic rings. The monoisotopic (exact) mass is 400 g/mol. The smallest absolute Gasteiger partial charge is 0.338 e. The zero-order chi connectivity index (χ0) is 20.1. The third kappa shape index (κ3) is 4.80. The van der Waals surface area contributed by atoms with Crippen molar-refractivity contribution in [2.75, 3.05) is 11.1 Å². The van der Waals surface area contributed by atoms with E-state index in [1.165, 1.54) is 11.8 Å². The molecule has 0 fully saturated rings. The number of furan rings is 1. The summed E-state index contributed by atoms with van der Waals surface area (Å²) in [4.78, 5) is 24.0. The van der Waals surface area contributed by atoms with Gasteiger partial charge in [-0.05, 0) is 50.2 Å². The van der Waals surface area contributed by atoms with Crippen molar-refractivity contribution in [1.82, 2.24) is 14.8 Å². The third-order valence-electron chi connectivity index (χ3n) is 3.66. The summed E-state index contributed by atoms with van der Waals surface area (Å²) in [6.45, 7) is 3.58. The van der Waals surface area contributed by atoms with Crippen molar-refractivity contribution >= 4 is 29.3 Å². The van der Waals surface area contributed by atoms with Crippen LogP contribution in [-0.2, 0) is 16.6 Å². The maximum absolute atomic E-state index is 12.2. The maximum Gasteiger partial charge on any atom is 0.338 e. The molecule has 28 heavy (non-hydrogen) atoms. The molecule has 146 valence electrons. The minimum Gasteiger partial charge on any atom is -0.461 e. The summed E-state index contributed by atoms with van der Waals surface area (Å²) >= 11 is 1.27. The number of anilines is 1. The van der Waals surface area contributed by atoms with Gasteiger partial charge in [-0.1, -0.05) is 11.8 Å². The molecule has 8 nitrogen and oxygen atoms in total. The van der Waals surface area contributed by atoms with Gasteiger partial charge < -0.3 is 19.0 Å². The van der Waals surface area contributed by atoms with Gasteiger partial charge in [0.2, 0.25) is 5.91 Å². The molecule has 0 saturated heterocycles. The SMILES string of the molecule is CC(C)OC(=O)c1ccc(NC(=O)CSc2nnc(-c3ccco3)n2C)cc1. The maximum atomic E-state index is 12.2. The van der Waals surface area contributed by atoms with Gasteiger partial charge in [0.15, 0.2) is 16.7 Å². The number of benzene rings is 1. The summed E-state index contributed by atoms with van der Waals surface area (Å²) in [6.07, 6.45) is 1.38. The fourth-order valence-electron chi connectivity index (χ4n) is 2.36. The van der Waals surface area contributed by atoms with E-state index in [1.54, 1.807) is 61.1 Å². The number of nitrogens with zero attached hydrogens (tertiary/aromatic N) is 3. The number of esters is 1. The van der Waals surface area contributed by atoms with Crippen LogP contribution in [0.1, 0.15) is 24.2 Å². The van der Waals surface area contributed by atoms with Gasteiger partial charge in [-0.25, -0.2) is 4.79 Å². The highest BCUT2D eigenvalue weighted by molar-refractivity contribution is 7.99. The van der Waals surface area contributed by atoms with Crippen molar-refractivity contribution in [3.63, 3.8) is 0 Å². The molecule has 1 aromatic carbocycles. The van der Waals surface area contributed by atoms with Crippen molar-refractivity contribution in [2.24, 2.45) is 7.05 Å². The van der Waals surface area contributed by atoms with Gasteiger partial charge in [0, 0.05) is 12.7 Å². The van der Waals surface area contributed by atoms with Crippen molar-refractivity contribution in [1.29, 1.82) is 0 Å². The predicted octanol–water partition coefficient (Wildman–Crippen LogP) is 3.37. The van der Waals surface area contributed by atoms with Crippen LogP contribution in [0.15, 0.2) is 52.2 Å². The van der Waals surface area contributed by atoms with Crippen LogP contribution in [0.4, 0.5) is 5.69 Å². The van der Waals surface area contributed by atoms with Crippen LogP contribution in [0.2, 0.25) is 0 Å². The molecule has 2 heterocycles. The van der Waals surface area contributed by atoms with Gasteiger partial charge in [0.25, 0.3) is 0 Å². The Morgan fingerprint density at radius 1 is 1.21 bits per heavy atom. The summed E-state index contributed by atoms with van der Waals surface area (Å²) in [5.74, 6) is 0.795. The van der Waals surface area contributed by atoms with Crippen LogP contribution in [0.3, 0.4) is 0 Å². The molecule has 0 aliphatic heterocycles. The summed E-state index contributed by atoms with van der Waals surface area (Å²) in [5, 5.41) is 11.6. The topological polar surface area (TPSA) is 99.2 Å². The number of nitrogens with one attached hydrogen (secondary N) is 1. The first kappa shape index (κ1) is 19.7. The summed E-state index contributed by atoms with van der Waals surface area (Å²) in [7, 11) is 1.81. The van der Waals surface area contributed by atoms with Crippen molar-refractivity contribution < 1.29 is 18.7 Å². The van der Waals surface area contributed by atoms with E-state index >= 15 is 0 Å². The van der Waals surface area contributed by atoms with E-state index in [9.17, 15) is 9.59 Å². The molecule has 0 aliphatic rings. The van der Waals surface area contributed by atoms with E-state index in [1.807, 2.05) is 7.05 Å². The van der Waals surface area contributed by atoms with Gasteiger partial charge in [-0.15, -0.1) is 10.2 Å². The minimum atomic E-state index is -0.391. The van der Waals surface area contributed by atoms with E-state index in [-0.39, 0.29) is 17.8 Å². The van der Waals surface area contributed by atoms with Gasteiger partial charge in [-0.3, -0.25) is 4.79 Å². The zero-order valence-corrected chi connectivity index (χ0v) is 16.5. The van der Waals surface area contributed by atoms with Crippen molar-refractivity contribution in [3.8, 4) is 11.6 Å². The number of ether oxygens (including phenoxy) is 1. The normalized spacial score (nSPS) is 10.9. The summed E-state index contributed by atoms with van der Waals surface area (Å²) in [5.41, 5.74) is 1.03. The Kier molecular flexibility index (Phi) is 6.15. The first-order valence-corrected chi connectivity index (χ1v) is 9.59. The van der Waals surface area contributed by atoms with Gasteiger partial charge in [-0.2, -0.15) is 0 Å². The summed E-state index contributed by atoms with van der Waals surface area (Å²) < 4.78 is 12.2. The standard InChI is InChI=1S/C19H20N4O4S/c1-12(2)27-18(25)13-6-8-14(9-7-13)20-16(24)11-28-19-22-21-17(23(19)3)15-5-4-10-26-15/h4-10,12H,11H2,1-3H3,(H,20,24). The van der Waals surface area contributed by atoms with E-state index in [0.29, 0.717) is 28.0 Å². The molecule has 0 bridgehead atoms. The lowest BCUT2D eigenvalue weighted by atomic mass is 10.2. The van der Waals surface area contributed by atoms with Crippen LogP contribution in [0, 0.1) is 0 Å². The molecule has 0 aliphatic carbocycles. The average Bonchev–Trinajstić information content (AvgIpc) is 3.29. The number of thioether (sulfide) groups is 1. The molecular weight excluding hydrogens is 380 g/mol. The highest BCUT2D eigenvalue weighted by Gasteiger charge is 2.15. The Balaban J connectivity index is 1.54. The largest absolute Gasteiger partial charge is 0.461 e. The van der Waals surface area contributed by atoms with E-state index in [0.717, 1.165) is 0 Å². The quantitative estimate of drug-likeness (QED) is 0.479. The second kappa shape index (κ2) is 8.75. The van der Waals surface area contributed by atoms with Gasteiger partial charge in [0.05, 0.1) is 23.7 Å². The molecule has 0 unspecified atom stereocenters. The lowest BCUT2D eigenvalue weighted by Gasteiger charge is -2.09. The van der Waals surface area contributed by atoms with Crippen LogP contribution < -0.4 is 5.32 Å². The average molecular weight is 400 g/mol. The molecule has 0 atom stereocenters. The van der Waals surface area contributed by atoms with Crippen LogP contribution in [0.25, 0.3) is 11.6 Å². The van der Waals surface area contributed by atoms with Gasteiger partial charge in [0.1, 0.15) is 0 Å². The Morgan fingerprint density at radius 2 is 1.96 bits per heavy atom. The Bertz CT molecular complexity index is 949. The van der Waals surface area contributed by atoms with E-state index in [4.69, 9.17) is 9.15 Å². The van der Waals surface area contributed by atoms with E-state index < -0.39 is 5.97 Å². The second-order valence-corrected chi connectivity index (χ2v) is 7.15. The van der Waals surface area contributed by atoms with Crippen LogP contribution >= 0.6 is 11.8 Å². The predicted molar refractivity (Wildman–Crippen MR) is 105 cm³/mol. The molecule has 3 rings (SSSR count). The first-order chi connectivity index (χ1) is 13.4. The molecular formula is C19H20N4O4S. The Labute approximate surface area is 166 Å². The second-order valence-electron chi connectivity index (χ2n) is 6.21. The molecule has 9 heteroatoms. The number of hydrogen-bond acceptors (Lipinski definition) is 7. The zero-order valence-electron chi connectivity index (χ0n) is 15.7. The molecule has 0 saturated carbocycles. The number of amides is 1. The lowest BCUT2D eigenvalue weighted by molar-refractivity contribution is -0.113. The molecule has 0 spiro atoms. The lowest BCUT2D eigenvalue weighted by Crippen LogP contribution is -2.15. The number of aromatic nitrogens is 3. The summed E-state index contributed by atoms with van der Waals surface area (Å²) in [6, 6.07) is 10.1.